The van der Waals surface area contributed by atoms with E-state index in [1.54, 1.807) is 6.20 Å². The van der Waals surface area contributed by atoms with Crippen LogP contribution in [0.4, 0.5) is 10.3 Å². The van der Waals surface area contributed by atoms with Crippen molar-refractivity contribution in [3.05, 3.63) is 46.3 Å². The van der Waals surface area contributed by atoms with Gasteiger partial charge in [0.05, 0.1) is 11.9 Å². The van der Waals surface area contributed by atoms with Crippen molar-refractivity contribution in [2.45, 2.75) is 19.5 Å². The highest BCUT2D eigenvalue weighted by atomic mass is 35.5. The summed E-state index contributed by atoms with van der Waals surface area (Å²) in [5, 5.41) is 0.339. The Labute approximate surface area is 120 Å². The van der Waals surface area contributed by atoms with Gasteiger partial charge in [0.15, 0.2) is 0 Å². The molecule has 0 bridgehead atoms. The first kappa shape index (κ1) is 13.2. The average molecular weight is 294 g/mol. The van der Waals surface area contributed by atoms with Gasteiger partial charge >= 0.3 is 0 Å². The van der Waals surface area contributed by atoms with Gasteiger partial charge in [-0.25, -0.2) is 19.3 Å². The molecule has 104 valence electrons. The Kier molecular flexibility index (Phi) is 3.50. The molecule has 0 fully saturated rings. The zero-order chi connectivity index (χ0) is 14.1. The molecule has 0 unspecified atom stereocenters. The molecule has 20 heavy (non-hydrogen) atoms. The number of nitrogens with two attached hydrogens (primary N) is 1. The number of aromatic nitrogens is 3. The van der Waals surface area contributed by atoms with E-state index >= 15 is 0 Å². The second-order valence-corrected chi connectivity index (χ2v) is 5.12. The van der Waals surface area contributed by atoms with Crippen LogP contribution in [0.2, 0.25) is 5.15 Å². The van der Waals surface area contributed by atoms with E-state index in [2.05, 4.69) is 19.9 Å². The van der Waals surface area contributed by atoms with Gasteiger partial charge in [0.1, 0.15) is 11.0 Å². The van der Waals surface area contributed by atoms with E-state index in [0.29, 0.717) is 29.8 Å². The number of fused-ring (bicyclic) bond motifs is 1. The molecule has 1 aliphatic rings. The van der Waals surface area contributed by atoms with Gasteiger partial charge in [-0.05, 0) is 6.07 Å². The lowest BCUT2D eigenvalue weighted by molar-refractivity contribution is 0.242. The highest BCUT2D eigenvalue weighted by Crippen LogP contribution is 2.21. The van der Waals surface area contributed by atoms with E-state index in [9.17, 15) is 4.39 Å². The van der Waals surface area contributed by atoms with Gasteiger partial charge in [-0.2, -0.15) is 0 Å². The molecule has 3 heterocycles. The van der Waals surface area contributed by atoms with Crippen molar-refractivity contribution in [2.24, 2.45) is 0 Å². The Hall–Kier alpha value is -1.79. The van der Waals surface area contributed by atoms with Crippen LogP contribution in [0.5, 0.6) is 0 Å². The van der Waals surface area contributed by atoms with Crippen molar-refractivity contribution in [1.29, 1.82) is 0 Å². The number of hydrogen-bond donors (Lipinski definition) is 1. The van der Waals surface area contributed by atoms with Crippen molar-refractivity contribution in [3.63, 3.8) is 0 Å². The van der Waals surface area contributed by atoms with Gasteiger partial charge in [0.25, 0.3) is 0 Å². The molecule has 0 atom stereocenters. The monoisotopic (exact) mass is 293 g/mol. The summed E-state index contributed by atoms with van der Waals surface area (Å²) in [5.41, 5.74) is 8.29. The summed E-state index contributed by atoms with van der Waals surface area (Å²) in [6.45, 7) is 2.06. The summed E-state index contributed by atoms with van der Waals surface area (Å²) < 4.78 is 13.2. The van der Waals surface area contributed by atoms with Crippen molar-refractivity contribution in [1.82, 2.24) is 19.9 Å². The molecular weight excluding hydrogens is 281 g/mol. The second-order valence-electron chi connectivity index (χ2n) is 4.76. The van der Waals surface area contributed by atoms with Crippen LogP contribution in [0, 0.1) is 5.82 Å². The molecule has 0 aromatic carbocycles. The first-order valence-corrected chi connectivity index (χ1v) is 6.62. The zero-order valence-corrected chi connectivity index (χ0v) is 11.4. The van der Waals surface area contributed by atoms with Gasteiger partial charge in [0, 0.05) is 43.4 Å². The van der Waals surface area contributed by atoms with Gasteiger partial charge in [0.2, 0.25) is 5.95 Å². The van der Waals surface area contributed by atoms with Crippen LogP contribution >= 0.6 is 11.6 Å². The van der Waals surface area contributed by atoms with Gasteiger partial charge in [-0.15, -0.1) is 0 Å². The predicted octanol–water partition coefficient (Wildman–Crippen LogP) is 1.80. The maximum absolute atomic E-state index is 13.2. The Morgan fingerprint density at radius 2 is 2.20 bits per heavy atom. The Bertz CT molecular complexity index is 649. The highest BCUT2D eigenvalue weighted by molar-refractivity contribution is 6.30. The fourth-order valence-corrected chi connectivity index (χ4v) is 2.50. The SMILES string of the molecule is Nc1ncc2c(n1)CCN(Cc1cc(F)cnc1Cl)C2. The molecule has 2 aromatic rings. The van der Waals surface area contributed by atoms with E-state index in [1.165, 1.54) is 6.07 Å². The van der Waals surface area contributed by atoms with Crippen molar-refractivity contribution in [3.8, 4) is 0 Å². The number of anilines is 1. The first-order chi connectivity index (χ1) is 9.61. The van der Waals surface area contributed by atoms with E-state index in [-0.39, 0.29) is 5.82 Å². The van der Waals surface area contributed by atoms with Crippen LogP contribution in [0.3, 0.4) is 0 Å². The maximum atomic E-state index is 13.2. The maximum Gasteiger partial charge on any atom is 0.220 e. The largest absolute Gasteiger partial charge is 0.368 e. The smallest absolute Gasteiger partial charge is 0.220 e. The molecule has 3 rings (SSSR count). The van der Waals surface area contributed by atoms with Crippen LogP contribution < -0.4 is 5.73 Å². The third-order valence-electron chi connectivity index (χ3n) is 3.30. The van der Waals surface area contributed by atoms with Crippen LogP contribution in [-0.4, -0.2) is 26.4 Å². The third-order valence-corrected chi connectivity index (χ3v) is 3.64. The topological polar surface area (TPSA) is 67.9 Å². The number of hydrogen-bond acceptors (Lipinski definition) is 5. The average Bonchev–Trinajstić information content (AvgIpc) is 2.43. The Morgan fingerprint density at radius 3 is 3.05 bits per heavy atom. The number of pyridine rings is 1. The first-order valence-electron chi connectivity index (χ1n) is 6.24. The van der Waals surface area contributed by atoms with Gasteiger partial charge in [-0.1, -0.05) is 11.6 Å². The lowest BCUT2D eigenvalue weighted by Gasteiger charge is -2.28. The van der Waals surface area contributed by atoms with Crippen LogP contribution in [0.1, 0.15) is 16.8 Å². The number of rotatable bonds is 2. The molecule has 0 radical (unpaired) electrons. The Balaban J connectivity index is 1.77. The summed E-state index contributed by atoms with van der Waals surface area (Å²) in [6, 6.07) is 1.42. The molecule has 5 nitrogen and oxygen atoms in total. The quantitative estimate of drug-likeness (QED) is 0.855. The van der Waals surface area contributed by atoms with Crippen molar-refractivity contribution in [2.75, 3.05) is 12.3 Å². The molecular formula is C13H13ClFN5. The summed E-state index contributed by atoms with van der Waals surface area (Å²) in [6.07, 6.45) is 3.66. The summed E-state index contributed by atoms with van der Waals surface area (Å²) in [4.78, 5) is 14.2. The highest BCUT2D eigenvalue weighted by Gasteiger charge is 2.19. The summed E-state index contributed by atoms with van der Waals surface area (Å²) >= 11 is 5.99. The molecule has 0 spiro atoms. The third kappa shape index (κ3) is 2.71. The molecule has 0 aliphatic carbocycles. The van der Waals surface area contributed by atoms with E-state index in [0.717, 1.165) is 30.4 Å². The summed E-state index contributed by atoms with van der Waals surface area (Å²) in [7, 11) is 0. The zero-order valence-electron chi connectivity index (χ0n) is 10.7. The van der Waals surface area contributed by atoms with E-state index < -0.39 is 0 Å². The summed E-state index contributed by atoms with van der Waals surface area (Å²) in [5.74, 6) is -0.0764. The number of nitrogens with zero attached hydrogens (tertiary/aromatic N) is 4. The van der Waals surface area contributed by atoms with Gasteiger partial charge in [-0.3, -0.25) is 4.90 Å². The fourth-order valence-electron chi connectivity index (χ4n) is 2.34. The van der Waals surface area contributed by atoms with Crippen molar-refractivity contribution >= 4 is 17.5 Å². The normalized spacial score (nSPS) is 15.1. The van der Waals surface area contributed by atoms with E-state index in [4.69, 9.17) is 17.3 Å². The minimum absolute atomic E-state index is 0.301. The van der Waals surface area contributed by atoms with Gasteiger partial charge < -0.3 is 5.73 Å². The fraction of sp³-hybridized carbons (Fsp3) is 0.308. The lowest BCUT2D eigenvalue weighted by atomic mass is 10.1. The minimum atomic E-state index is -0.377. The van der Waals surface area contributed by atoms with Crippen LogP contribution in [0.25, 0.3) is 0 Å². The lowest BCUT2D eigenvalue weighted by Crippen LogP contribution is -2.31. The predicted molar refractivity (Wildman–Crippen MR) is 73.5 cm³/mol. The number of halogens is 2. The van der Waals surface area contributed by atoms with Crippen molar-refractivity contribution < 1.29 is 4.39 Å². The number of nitrogen functional groups attached to an aromatic ring is 1. The van der Waals surface area contributed by atoms with Crippen LogP contribution in [-0.2, 0) is 19.5 Å². The molecule has 7 heteroatoms. The molecule has 1 aliphatic heterocycles. The molecule has 0 saturated heterocycles. The molecule has 0 saturated carbocycles. The second kappa shape index (κ2) is 5.30. The minimum Gasteiger partial charge on any atom is -0.368 e. The molecule has 2 aromatic heterocycles. The van der Waals surface area contributed by atoms with E-state index in [1.807, 2.05) is 0 Å². The standard InChI is InChI=1S/C13H13ClFN5/c14-12-8(3-10(15)5-17-12)6-20-2-1-11-9(7-20)4-18-13(16)19-11/h3-5H,1-2,6-7H2,(H2,16,18,19). The Morgan fingerprint density at radius 1 is 1.35 bits per heavy atom. The molecule has 2 N–H and O–H groups in total. The van der Waals surface area contributed by atoms with Crippen LogP contribution in [0.15, 0.2) is 18.5 Å². The molecule has 0 amide bonds.